The van der Waals surface area contributed by atoms with Crippen LogP contribution in [0.1, 0.15) is 39.5 Å². The lowest BCUT2D eigenvalue weighted by Gasteiger charge is -2.27. The Bertz CT molecular complexity index is 152. The Morgan fingerprint density at radius 2 is 2.17 bits per heavy atom. The SMILES string of the molecule is CC(C)C1CCCC(C=[O+][O-])C1. The normalized spacial score (nSPS) is 31.6. The van der Waals surface area contributed by atoms with E-state index in [1.807, 2.05) is 0 Å². The second-order valence-corrected chi connectivity index (χ2v) is 4.16. The lowest BCUT2D eigenvalue weighted by molar-refractivity contribution is -1.04. The maximum absolute atomic E-state index is 9.92. The van der Waals surface area contributed by atoms with Crippen LogP contribution in [0.5, 0.6) is 0 Å². The van der Waals surface area contributed by atoms with E-state index in [0.717, 1.165) is 24.7 Å². The van der Waals surface area contributed by atoms with E-state index in [2.05, 4.69) is 18.4 Å². The number of rotatable bonds is 2. The molecule has 1 saturated carbocycles. The molecule has 0 aliphatic heterocycles. The van der Waals surface area contributed by atoms with Gasteiger partial charge in [-0.05, 0) is 24.7 Å². The van der Waals surface area contributed by atoms with Crippen LogP contribution in [-0.4, -0.2) is 6.29 Å². The predicted octanol–water partition coefficient (Wildman–Crippen LogP) is 1.46. The van der Waals surface area contributed by atoms with E-state index in [-0.39, 0.29) is 0 Å². The van der Waals surface area contributed by atoms with E-state index in [0.29, 0.717) is 5.92 Å². The summed E-state index contributed by atoms with van der Waals surface area (Å²) >= 11 is 0. The summed E-state index contributed by atoms with van der Waals surface area (Å²) in [6.07, 6.45) is 6.30. The van der Waals surface area contributed by atoms with Gasteiger partial charge in [-0.15, -0.1) is 0 Å². The lowest BCUT2D eigenvalue weighted by Crippen LogP contribution is -2.21. The minimum atomic E-state index is 0.406. The Labute approximate surface area is 74.2 Å². The highest BCUT2D eigenvalue weighted by Gasteiger charge is 2.25. The summed E-state index contributed by atoms with van der Waals surface area (Å²) in [5, 5.41) is 9.92. The van der Waals surface area contributed by atoms with Crippen LogP contribution in [0.2, 0.25) is 0 Å². The molecule has 0 amide bonds. The quantitative estimate of drug-likeness (QED) is 0.267. The molecular formula is C10H18O2. The zero-order valence-electron chi connectivity index (χ0n) is 7.95. The summed E-state index contributed by atoms with van der Waals surface area (Å²) in [6.45, 7) is 4.51. The van der Waals surface area contributed by atoms with Crippen LogP contribution in [-0.2, 0) is 4.58 Å². The van der Waals surface area contributed by atoms with Crippen LogP contribution in [0.25, 0.3) is 0 Å². The maximum atomic E-state index is 9.92. The Kier molecular flexibility index (Phi) is 3.57. The van der Waals surface area contributed by atoms with Gasteiger partial charge < -0.3 is 5.26 Å². The summed E-state index contributed by atoms with van der Waals surface area (Å²) < 4.78 is 3.83. The molecule has 0 spiro atoms. The lowest BCUT2D eigenvalue weighted by atomic mass is 9.77. The monoisotopic (exact) mass is 170 g/mol. The third-order valence-electron chi connectivity index (χ3n) is 2.95. The third kappa shape index (κ3) is 2.50. The molecule has 1 aliphatic carbocycles. The van der Waals surface area contributed by atoms with Gasteiger partial charge in [-0.25, -0.2) is 0 Å². The van der Waals surface area contributed by atoms with Crippen molar-refractivity contribution in [3.63, 3.8) is 0 Å². The van der Waals surface area contributed by atoms with Crippen LogP contribution < -0.4 is 5.26 Å². The van der Waals surface area contributed by atoms with E-state index in [4.69, 9.17) is 0 Å². The number of hydrogen-bond acceptors (Lipinski definition) is 1. The van der Waals surface area contributed by atoms with E-state index in [9.17, 15) is 5.26 Å². The zero-order valence-corrected chi connectivity index (χ0v) is 7.95. The van der Waals surface area contributed by atoms with Crippen LogP contribution in [0.4, 0.5) is 0 Å². The van der Waals surface area contributed by atoms with Gasteiger partial charge in [0.05, 0.1) is 5.92 Å². The molecule has 0 radical (unpaired) electrons. The second kappa shape index (κ2) is 4.48. The molecular weight excluding hydrogens is 152 g/mol. The number of aldehydes is 1. The van der Waals surface area contributed by atoms with Gasteiger partial charge in [-0.3, -0.25) is 0 Å². The molecule has 1 fully saturated rings. The minimum absolute atomic E-state index is 0.406. The summed E-state index contributed by atoms with van der Waals surface area (Å²) in [5.41, 5.74) is 0. The highest BCUT2D eigenvalue weighted by atomic mass is 17.1. The van der Waals surface area contributed by atoms with Crippen molar-refractivity contribution in [3.8, 4) is 0 Å². The van der Waals surface area contributed by atoms with Gasteiger partial charge in [-0.1, -0.05) is 26.7 Å². The molecule has 2 nitrogen and oxygen atoms in total. The minimum Gasteiger partial charge on any atom is -0.463 e. The Morgan fingerprint density at radius 1 is 1.42 bits per heavy atom. The molecule has 2 unspecified atom stereocenters. The smallest absolute Gasteiger partial charge is 0.321 e. The summed E-state index contributed by atoms with van der Waals surface area (Å²) in [6, 6.07) is 0. The van der Waals surface area contributed by atoms with Crippen molar-refractivity contribution in [2.45, 2.75) is 39.5 Å². The molecule has 0 N–H and O–H groups in total. The molecule has 0 bridgehead atoms. The molecule has 2 atom stereocenters. The van der Waals surface area contributed by atoms with Crippen molar-refractivity contribution in [1.29, 1.82) is 0 Å². The predicted molar refractivity (Wildman–Crippen MR) is 46.4 cm³/mol. The average Bonchev–Trinajstić information content (AvgIpc) is 2.05. The van der Waals surface area contributed by atoms with Crippen molar-refractivity contribution in [2.24, 2.45) is 17.8 Å². The summed E-state index contributed by atoms with van der Waals surface area (Å²) in [5.74, 6) is 1.94. The number of carbonyl (C=O) groups excluding carboxylic acids is 1. The van der Waals surface area contributed by atoms with Gasteiger partial charge in [0.2, 0.25) is 0 Å². The first kappa shape index (κ1) is 9.56. The second-order valence-electron chi connectivity index (χ2n) is 4.16. The first-order valence-corrected chi connectivity index (χ1v) is 4.86. The molecule has 0 aromatic carbocycles. The first-order valence-electron chi connectivity index (χ1n) is 4.86. The molecule has 0 aromatic heterocycles. The molecule has 2 heteroatoms. The fraction of sp³-hybridized carbons (Fsp3) is 0.900. The van der Waals surface area contributed by atoms with Crippen molar-refractivity contribution in [3.05, 3.63) is 0 Å². The van der Waals surface area contributed by atoms with E-state index >= 15 is 0 Å². The first-order chi connectivity index (χ1) is 5.74. The molecule has 0 aromatic rings. The van der Waals surface area contributed by atoms with Crippen LogP contribution >= 0.6 is 0 Å². The van der Waals surface area contributed by atoms with E-state index in [1.165, 1.54) is 19.1 Å². The van der Waals surface area contributed by atoms with E-state index < -0.39 is 0 Å². The van der Waals surface area contributed by atoms with Crippen molar-refractivity contribution < 1.29 is 9.83 Å². The largest absolute Gasteiger partial charge is 0.463 e. The molecule has 0 heterocycles. The molecule has 1 rings (SSSR count). The van der Waals surface area contributed by atoms with Gasteiger partial charge in [0.1, 0.15) is 0 Å². The van der Waals surface area contributed by atoms with Crippen LogP contribution in [0.15, 0.2) is 0 Å². The fourth-order valence-electron chi connectivity index (χ4n) is 2.07. The molecule has 12 heavy (non-hydrogen) atoms. The molecule has 1 aliphatic rings. The van der Waals surface area contributed by atoms with Gasteiger partial charge in [0.15, 0.2) is 0 Å². The van der Waals surface area contributed by atoms with Crippen molar-refractivity contribution in [1.82, 2.24) is 0 Å². The maximum Gasteiger partial charge on any atom is 0.321 e. The van der Waals surface area contributed by atoms with Crippen LogP contribution in [0, 0.1) is 17.8 Å². The van der Waals surface area contributed by atoms with Gasteiger partial charge in [0, 0.05) is 0 Å². The van der Waals surface area contributed by atoms with E-state index in [1.54, 1.807) is 0 Å². The standard InChI is InChI=1S/C10H18O2/c1-8(2)10-5-3-4-9(6-10)7-12-11/h7-10H,3-6H2,1-2H3. The Morgan fingerprint density at radius 3 is 2.75 bits per heavy atom. The topological polar surface area (TPSA) is 34.4 Å². The molecule has 0 saturated heterocycles. The zero-order chi connectivity index (χ0) is 8.97. The Hall–Kier alpha value is -0.530. The average molecular weight is 170 g/mol. The highest BCUT2D eigenvalue weighted by Crippen LogP contribution is 2.32. The number of hydrogen-bond donors (Lipinski definition) is 0. The van der Waals surface area contributed by atoms with Gasteiger partial charge >= 0.3 is 6.29 Å². The summed E-state index contributed by atoms with van der Waals surface area (Å²) in [4.78, 5) is 0. The fourth-order valence-corrected chi connectivity index (χ4v) is 2.07. The Balaban J connectivity index is 2.40. The summed E-state index contributed by atoms with van der Waals surface area (Å²) in [7, 11) is 0. The highest BCUT2D eigenvalue weighted by molar-refractivity contribution is 5.53. The molecule has 70 valence electrons. The van der Waals surface area contributed by atoms with Crippen LogP contribution in [0.3, 0.4) is 0 Å². The van der Waals surface area contributed by atoms with Crippen molar-refractivity contribution >= 4 is 6.29 Å². The van der Waals surface area contributed by atoms with Gasteiger partial charge in [0.25, 0.3) is 0 Å². The van der Waals surface area contributed by atoms with Crippen molar-refractivity contribution in [2.75, 3.05) is 0 Å². The van der Waals surface area contributed by atoms with Gasteiger partial charge in [-0.2, -0.15) is 4.58 Å². The third-order valence-corrected chi connectivity index (χ3v) is 2.95.